The number of carboxylic acid groups (broad SMARTS) is 1. The molecule has 1 aliphatic heterocycles. The van der Waals surface area contributed by atoms with Crippen LogP contribution in [0.25, 0.3) is 0 Å². The van der Waals surface area contributed by atoms with Crippen LogP contribution in [-0.4, -0.2) is 91.1 Å². The Balaban J connectivity index is 2.96. The lowest BCUT2D eigenvalue weighted by Crippen LogP contribution is -2.57. The molecule has 0 saturated carbocycles. The Hall–Kier alpha value is -3.66. The molecule has 1 heterocycles. The van der Waals surface area contributed by atoms with Crippen molar-refractivity contribution in [2.45, 2.75) is 82.0 Å². The Labute approximate surface area is 228 Å². The molecule has 3 amide bonds. The predicted molar refractivity (Wildman–Crippen MR) is 147 cm³/mol. The minimum atomic E-state index is -1.24. The van der Waals surface area contributed by atoms with E-state index in [1.807, 2.05) is 0 Å². The number of rotatable bonds is 19. The first kappa shape index (κ1) is 33.4. The second-order valence-corrected chi connectivity index (χ2v) is 9.35. The van der Waals surface area contributed by atoms with Gasteiger partial charge in [0.25, 0.3) is 0 Å². The molecule has 0 bridgehead atoms. The van der Waals surface area contributed by atoms with Gasteiger partial charge in [0.05, 0.1) is 6.04 Å². The second kappa shape index (κ2) is 18.6. The van der Waals surface area contributed by atoms with E-state index in [-0.39, 0.29) is 49.8 Å². The smallest absolute Gasteiger partial charge is 0.326 e. The third kappa shape index (κ3) is 14.2. The third-order valence-electron chi connectivity index (χ3n) is 6.09. The fourth-order valence-electron chi connectivity index (χ4n) is 4.02. The van der Waals surface area contributed by atoms with Gasteiger partial charge in [-0.15, -0.1) is 0 Å². The van der Waals surface area contributed by atoms with E-state index in [1.165, 1.54) is 0 Å². The Morgan fingerprint density at radius 1 is 0.795 bits per heavy atom. The molecule has 0 spiro atoms. The van der Waals surface area contributed by atoms with Gasteiger partial charge in [-0.25, -0.2) is 4.79 Å². The molecule has 1 fully saturated rings. The van der Waals surface area contributed by atoms with Crippen LogP contribution in [0, 0.1) is 0 Å². The number of aliphatic carboxylic acids is 1. The number of nitrogens with two attached hydrogens (primary N) is 5. The molecule has 1 saturated heterocycles. The zero-order chi connectivity index (χ0) is 29.2. The van der Waals surface area contributed by atoms with Gasteiger partial charge in [-0.2, -0.15) is 0 Å². The zero-order valence-corrected chi connectivity index (χ0v) is 22.4. The maximum atomic E-state index is 13.3. The summed E-state index contributed by atoms with van der Waals surface area (Å²) in [7, 11) is 0. The van der Waals surface area contributed by atoms with Gasteiger partial charge < -0.3 is 55.0 Å². The number of hydrogen-bond acceptors (Lipinski definition) is 8. The van der Waals surface area contributed by atoms with Crippen molar-refractivity contribution in [3.8, 4) is 0 Å². The van der Waals surface area contributed by atoms with Gasteiger partial charge in [0, 0.05) is 13.1 Å². The average molecular weight is 556 g/mol. The van der Waals surface area contributed by atoms with Gasteiger partial charge in [0.2, 0.25) is 17.7 Å². The summed E-state index contributed by atoms with van der Waals surface area (Å²) in [6.07, 6.45) is 3.92. The Morgan fingerprint density at radius 2 is 1.31 bits per heavy atom. The lowest BCUT2D eigenvalue weighted by molar-refractivity contribution is -0.142. The highest BCUT2D eigenvalue weighted by atomic mass is 16.4. The molecule has 1 rings (SSSR count). The minimum Gasteiger partial charge on any atom is -0.480 e. The SMILES string of the molecule is NCCCCC(NC(=O)C1CCCN1)C(=O)NC(CCCN=C(N)N)C(=O)NC(CCCN=C(N)N)C(=O)O. The quantitative estimate of drug-likeness (QED) is 0.0424. The number of aliphatic imine (C=N–C) groups is 2. The molecule has 0 aromatic heterocycles. The van der Waals surface area contributed by atoms with Gasteiger partial charge >= 0.3 is 5.97 Å². The van der Waals surface area contributed by atoms with Crippen LogP contribution in [0.4, 0.5) is 0 Å². The maximum Gasteiger partial charge on any atom is 0.326 e. The first-order valence-electron chi connectivity index (χ1n) is 13.2. The van der Waals surface area contributed by atoms with E-state index in [4.69, 9.17) is 28.7 Å². The molecule has 0 radical (unpaired) electrons. The van der Waals surface area contributed by atoms with E-state index in [0.717, 1.165) is 13.0 Å². The molecular formula is C23H45N11O5. The van der Waals surface area contributed by atoms with Crippen LogP contribution in [0.1, 0.15) is 57.8 Å². The summed E-state index contributed by atoms with van der Waals surface area (Å²) in [6.45, 7) is 1.55. The molecule has 0 aliphatic carbocycles. The van der Waals surface area contributed by atoms with Crippen LogP contribution in [-0.2, 0) is 19.2 Å². The highest BCUT2D eigenvalue weighted by Crippen LogP contribution is 2.09. The molecule has 16 nitrogen and oxygen atoms in total. The number of carboxylic acids is 1. The first-order chi connectivity index (χ1) is 18.5. The van der Waals surface area contributed by atoms with Gasteiger partial charge in [-0.1, -0.05) is 0 Å². The van der Waals surface area contributed by atoms with E-state index in [9.17, 15) is 24.3 Å². The highest BCUT2D eigenvalue weighted by molar-refractivity contribution is 5.94. The van der Waals surface area contributed by atoms with E-state index >= 15 is 0 Å². The van der Waals surface area contributed by atoms with E-state index in [0.29, 0.717) is 45.1 Å². The maximum absolute atomic E-state index is 13.3. The number of hydrogen-bond donors (Lipinski definition) is 10. The number of carbonyl (C=O) groups is 4. The molecule has 4 atom stereocenters. The van der Waals surface area contributed by atoms with Crippen molar-refractivity contribution in [3.63, 3.8) is 0 Å². The summed E-state index contributed by atoms with van der Waals surface area (Å²) in [5, 5.41) is 20.6. The lowest BCUT2D eigenvalue weighted by atomic mass is 10.0. The first-order valence-corrected chi connectivity index (χ1v) is 13.2. The minimum absolute atomic E-state index is 0.0681. The fourth-order valence-corrected chi connectivity index (χ4v) is 4.02. The molecule has 1 aliphatic rings. The molecule has 0 aromatic rings. The van der Waals surface area contributed by atoms with Crippen LogP contribution in [0.5, 0.6) is 0 Å². The average Bonchev–Trinajstić information content (AvgIpc) is 3.41. The normalized spacial score (nSPS) is 16.8. The van der Waals surface area contributed by atoms with Crippen molar-refractivity contribution in [1.29, 1.82) is 0 Å². The standard InChI is InChI=1S/C23H45N11O5/c24-10-2-1-6-15(32-18(35)14-7-3-11-29-14)19(36)33-16(8-4-12-30-22(25)26)20(37)34-17(21(38)39)9-5-13-31-23(27)28/h14-17,29H,1-13,24H2,(H,32,35)(H,33,36)(H,34,37)(H,38,39)(H4,25,26,30)(H4,27,28,31). The van der Waals surface area contributed by atoms with Crippen LogP contribution >= 0.6 is 0 Å². The van der Waals surface area contributed by atoms with Crippen molar-refractivity contribution in [2.24, 2.45) is 38.7 Å². The fraction of sp³-hybridized carbons (Fsp3) is 0.739. The third-order valence-corrected chi connectivity index (χ3v) is 6.09. The second-order valence-electron chi connectivity index (χ2n) is 9.35. The van der Waals surface area contributed by atoms with Gasteiger partial charge in [-0.3, -0.25) is 24.4 Å². The van der Waals surface area contributed by atoms with Gasteiger partial charge in [0.15, 0.2) is 11.9 Å². The molecule has 16 heteroatoms. The molecule has 39 heavy (non-hydrogen) atoms. The Bertz CT molecular complexity index is 853. The number of guanidine groups is 2. The van der Waals surface area contributed by atoms with E-state index in [2.05, 4.69) is 31.3 Å². The summed E-state index contributed by atoms with van der Waals surface area (Å²) in [6, 6.07) is -3.60. The monoisotopic (exact) mass is 555 g/mol. The molecule has 222 valence electrons. The van der Waals surface area contributed by atoms with Crippen molar-refractivity contribution < 1.29 is 24.3 Å². The summed E-state index contributed by atoms with van der Waals surface area (Å²) in [5.41, 5.74) is 26.9. The van der Waals surface area contributed by atoms with E-state index in [1.54, 1.807) is 0 Å². The summed E-state index contributed by atoms with van der Waals surface area (Å²) >= 11 is 0. The zero-order valence-electron chi connectivity index (χ0n) is 22.4. The number of nitrogens with zero attached hydrogens (tertiary/aromatic N) is 2. The molecular weight excluding hydrogens is 510 g/mol. The number of unbranched alkanes of at least 4 members (excludes halogenated alkanes) is 1. The van der Waals surface area contributed by atoms with Crippen LogP contribution in [0.15, 0.2) is 9.98 Å². The van der Waals surface area contributed by atoms with Gasteiger partial charge in [0.1, 0.15) is 18.1 Å². The highest BCUT2D eigenvalue weighted by Gasteiger charge is 2.31. The van der Waals surface area contributed by atoms with Crippen LogP contribution in [0.2, 0.25) is 0 Å². The summed E-state index contributed by atoms with van der Waals surface area (Å²) in [4.78, 5) is 58.5. The predicted octanol–water partition coefficient (Wildman–Crippen LogP) is -3.49. The van der Waals surface area contributed by atoms with Crippen molar-refractivity contribution in [2.75, 3.05) is 26.2 Å². The largest absolute Gasteiger partial charge is 0.480 e. The summed E-state index contributed by atoms with van der Waals surface area (Å²) in [5.74, 6) is -3.01. The Kier molecular flexibility index (Phi) is 15.9. The van der Waals surface area contributed by atoms with Crippen molar-refractivity contribution >= 4 is 35.6 Å². The van der Waals surface area contributed by atoms with Crippen molar-refractivity contribution in [1.82, 2.24) is 21.3 Å². The van der Waals surface area contributed by atoms with E-state index < -0.39 is 35.9 Å². The van der Waals surface area contributed by atoms with Crippen LogP contribution < -0.4 is 49.9 Å². The number of amides is 3. The lowest BCUT2D eigenvalue weighted by Gasteiger charge is -2.25. The molecule has 0 aromatic carbocycles. The Morgan fingerprint density at radius 3 is 1.79 bits per heavy atom. The number of nitrogens with one attached hydrogen (secondary N) is 4. The molecule has 15 N–H and O–H groups in total. The number of carbonyl (C=O) groups excluding carboxylic acids is 3. The van der Waals surface area contributed by atoms with Gasteiger partial charge in [-0.05, 0) is 70.9 Å². The van der Waals surface area contributed by atoms with Crippen molar-refractivity contribution in [3.05, 3.63) is 0 Å². The molecule has 4 unspecified atom stereocenters. The topological polar surface area (TPSA) is 291 Å². The van der Waals surface area contributed by atoms with Crippen LogP contribution in [0.3, 0.4) is 0 Å². The summed E-state index contributed by atoms with van der Waals surface area (Å²) < 4.78 is 0.